The van der Waals surface area contributed by atoms with Gasteiger partial charge in [0.1, 0.15) is 15.8 Å². The van der Waals surface area contributed by atoms with Gasteiger partial charge in [0, 0.05) is 43.3 Å². The molecule has 0 spiro atoms. The summed E-state index contributed by atoms with van der Waals surface area (Å²) in [4.78, 5) is 14.2. The summed E-state index contributed by atoms with van der Waals surface area (Å²) in [6.45, 7) is 3.86. The van der Waals surface area contributed by atoms with Crippen LogP contribution in [0.5, 0.6) is 0 Å². The standard InChI is InChI=1S/C28H39N3O2S/c1-20(32)21-8-10-22(11-9-21)26-29-30-27(34-26)23-12-14-25(15-13-23)31-18-16-28(33-2,17-19-31)24-6-4-3-5-7-24/h12-15,21-22,24H,3-11,16-19H2,1-2H3. The third kappa shape index (κ3) is 4.94. The van der Waals surface area contributed by atoms with Crippen LogP contribution >= 0.6 is 11.3 Å². The number of ketones is 1. The smallest absolute Gasteiger partial charge is 0.147 e. The lowest BCUT2D eigenvalue weighted by molar-refractivity contribution is -0.121. The van der Waals surface area contributed by atoms with Crippen LogP contribution in [-0.2, 0) is 9.53 Å². The Morgan fingerprint density at radius 2 is 1.65 bits per heavy atom. The van der Waals surface area contributed by atoms with Crippen molar-refractivity contribution >= 4 is 22.8 Å². The van der Waals surface area contributed by atoms with E-state index in [-0.39, 0.29) is 11.5 Å². The van der Waals surface area contributed by atoms with Crippen LogP contribution < -0.4 is 4.90 Å². The van der Waals surface area contributed by atoms with Gasteiger partial charge in [0.25, 0.3) is 0 Å². The zero-order valence-electron chi connectivity index (χ0n) is 20.8. The Labute approximate surface area is 208 Å². The number of rotatable bonds is 6. The zero-order valence-corrected chi connectivity index (χ0v) is 21.6. The first-order valence-electron chi connectivity index (χ1n) is 13.3. The summed E-state index contributed by atoms with van der Waals surface area (Å²) in [5.41, 5.74) is 2.53. The van der Waals surface area contributed by atoms with E-state index in [4.69, 9.17) is 4.74 Å². The van der Waals surface area contributed by atoms with Gasteiger partial charge in [-0.1, -0.05) is 30.6 Å². The van der Waals surface area contributed by atoms with Crippen LogP contribution in [0.1, 0.15) is 88.5 Å². The molecule has 3 aliphatic rings. The molecular weight excluding hydrogens is 442 g/mol. The van der Waals surface area contributed by atoms with Crippen LogP contribution in [-0.4, -0.2) is 41.8 Å². The second-order valence-electron chi connectivity index (χ2n) is 10.7. The first kappa shape index (κ1) is 23.9. The largest absolute Gasteiger partial charge is 0.378 e. The second-order valence-corrected chi connectivity index (χ2v) is 11.8. The lowest BCUT2D eigenvalue weighted by Crippen LogP contribution is -2.50. The first-order valence-corrected chi connectivity index (χ1v) is 14.1. The lowest BCUT2D eigenvalue weighted by atomic mass is 9.72. The monoisotopic (exact) mass is 481 g/mol. The van der Waals surface area contributed by atoms with Gasteiger partial charge in [-0.15, -0.1) is 10.2 Å². The minimum absolute atomic E-state index is 0.0867. The molecule has 6 heteroatoms. The van der Waals surface area contributed by atoms with Crippen LogP contribution in [0, 0.1) is 11.8 Å². The van der Waals surface area contributed by atoms with Gasteiger partial charge in [0.2, 0.25) is 0 Å². The van der Waals surface area contributed by atoms with E-state index in [0.717, 1.165) is 73.1 Å². The van der Waals surface area contributed by atoms with Crippen molar-refractivity contribution in [3.63, 3.8) is 0 Å². The number of Topliss-reactive ketones (excluding diaryl/α,β-unsaturated/α-hetero) is 1. The highest BCUT2D eigenvalue weighted by Crippen LogP contribution is 2.42. The van der Waals surface area contributed by atoms with Gasteiger partial charge >= 0.3 is 0 Å². The Kier molecular flexibility index (Phi) is 7.35. The van der Waals surface area contributed by atoms with E-state index in [1.165, 1.54) is 37.8 Å². The summed E-state index contributed by atoms with van der Waals surface area (Å²) in [6, 6.07) is 8.89. The van der Waals surface area contributed by atoms with E-state index in [1.807, 2.05) is 7.11 Å². The number of nitrogens with zero attached hydrogens (tertiary/aromatic N) is 3. The normalized spacial score (nSPS) is 25.9. The fourth-order valence-electron chi connectivity index (χ4n) is 6.63. The topological polar surface area (TPSA) is 55.3 Å². The third-order valence-electron chi connectivity index (χ3n) is 8.94. The van der Waals surface area contributed by atoms with Gasteiger partial charge in [0.15, 0.2) is 0 Å². The molecule has 2 aromatic rings. The Morgan fingerprint density at radius 3 is 2.26 bits per heavy atom. The Bertz CT molecular complexity index is 950. The van der Waals surface area contributed by atoms with Crippen LogP contribution in [0.25, 0.3) is 10.6 Å². The highest BCUT2D eigenvalue weighted by molar-refractivity contribution is 7.14. The number of hydrogen-bond donors (Lipinski definition) is 0. The number of aromatic nitrogens is 2. The maximum atomic E-state index is 11.7. The molecule has 34 heavy (non-hydrogen) atoms. The molecule has 1 aromatic carbocycles. The SMILES string of the molecule is COC1(C2CCCCC2)CCN(c2ccc(-c3nnc(C4CCC(C(C)=O)CC4)s3)cc2)CC1. The van der Waals surface area contributed by atoms with Gasteiger partial charge in [0.05, 0.1) is 5.60 Å². The highest BCUT2D eigenvalue weighted by Gasteiger charge is 2.42. The van der Waals surface area contributed by atoms with Crippen molar-refractivity contribution in [2.24, 2.45) is 11.8 Å². The van der Waals surface area contributed by atoms with Crippen molar-refractivity contribution in [2.75, 3.05) is 25.1 Å². The van der Waals surface area contributed by atoms with Crippen molar-refractivity contribution < 1.29 is 9.53 Å². The Morgan fingerprint density at radius 1 is 0.971 bits per heavy atom. The highest BCUT2D eigenvalue weighted by atomic mass is 32.1. The molecule has 0 radical (unpaired) electrons. The molecule has 1 saturated heterocycles. The predicted octanol–water partition coefficient (Wildman–Crippen LogP) is 6.63. The van der Waals surface area contributed by atoms with E-state index in [0.29, 0.717) is 11.7 Å². The molecule has 0 unspecified atom stereocenters. The van der Waals surface area contributed by atoms with Crippen molar-refractivity contribution in [2.45, 2.75) is 89.1 Å². The molecule has 0 atom stereocenters. The van der Waals surface area contributed by atoms with Crippen molar-refractivity contribution in [1.82, 2.24) is 10.2 Å². The predicted molar refractivity (Wildman–Crippen MR) is 138 cm³/mol. The van der Waals surface area contributed by atoms with Crippen molar-refractivity contribution in [3.05, 3.63) is 29.3 Å². The quantitative estimate of drug-likeness (QED) is 0.463. The number of carbonyl (C=O) groups excluding carboxylic acids is 1. The molecule has 5 rings (SSSR count). The van der Waals surface area contributed by atoms with E-state index in [1.54, 1.807) is 18.3 Å². The Hall–Kier alpha value is -1.79. The van der Waals surface area contributed by atoms with E-state index >= 15 is 0 Å². The van der Waals surface area contributed by atoms with Gasteiger partial charge in [-0.2, -0.15) is 0 Å². The molecule has 2 heterocycles. The maximum Gasteiger partial charge on any atom is 0.147 e. The van der Waals surface area contributed by atoms with Crippen molar-refractivity contribution in [3.8, 4) is 10.6 Å². The molecule has 2 saturated carbocycles. The Balaban J connectivity index is 1.19. The molecular formula is C28H39N3O2S. The summed E-state index contributed by atoms with van der Waals surface area (Å²) in [5, 5.41) is 11.2. The average Bonchev–Trinajstić information content (AvgIpc) is 3.40. The molecule has 184 valence electrons. The van der Waals surface area contributed by atoms with E-state index in [9.17, 15) is 4.79 Å². The van der Waals surface area contributed by atoms with Crippen LogP contribution in [0.2, 0.25) is 0 Å². The molecule has 5 nitrogen and oxygen atoms in total. The fourth-order valence-corrected chi connectivity index (χ4v) is 7.65. The first-order chi connectivity index (χ1) is 16.6. The van der Waals surface area contributed by atoms with Crippen LogP contribution in [0.3, 0.4) is 0 Å². The van der Waals surface area contributed by atoms with Gasteiger partial charge in [-0.25, -0.2) is 0 Å². The summed E-state index contributed by atoms with van der Waals surface area (Å²) in [5.74, 6) is 1.79. The van der Waals surface area contributed by atoms with E-state index < -0.39 is 0 Å². The fraction of sp³-hybridized carbons (Fsp3) is 0.679. The molecule has 0 amide bonds. The van der Waals surface area contributed by atoms with Gasteiger partial charge in [-0.3, -0.25) is 4.79 Å². The minimum atomic E-state index is 0.0867. The number of benzene rings is 1. The van der Waals surface area contributed by atoms with Gasteiger partial charge < -0.3 is 9.64 Å². The number of carbonyl (C=O) groups is 1. The molecule has 1 aromatic heterocycles. The summed E-state index contributed by atoms with van der Waals surface area (Å²) >= 11 is 1.72. The van der Waals surface area contributed by atoms with Crippen LogP contribution in [0.4, 0.5) is 5.69 Å². The number of methoxy groups -OCH3 is 1. The third-order valence-corrected chi connectivity index (χ3v) is 10.1. The molecule has 2 aliphatic carbocycles. The van der Waals surface area contributed by atoms with Crippen LogP contribution in [0.15, 0.2) is 24.3 Å². The molecule has 3 fully saturated rings. The maximum absolute atomic E-state index is 11.7. The minimum Gasteiger partial charge on any atom is -0.378 e. The second kappa shape index (κ2) is 10.4. The molecule has 0 bridgehead atoms. The van der Waals surface area contributed by atoms with Crippen molar-refractivity contribution in [1.29, 1.82) is 0 Å². The average molecular weight is 482 g/mol. The number of hydrogen-bond acceptors (Lipinski definition) is 6. The number of anilines is 1. The number of piperidine rings is 1. The van der Waals surface area contributed by atoms with E-state index in [2.05, 4.69) is 39.4 Å². The molecule has 1 aliphatic heterocycles. The summed E-state index contributed by atoms with van der Waals surface area (Å²) < 4.78 is 6.19. The zero-order chi connectivity index (χ0) is 23.5. The summed E-state index contributed by atoms with van der Waals surface area (Å²) in [7, 11) is 1.93. The summed E-state index contributed by atoms with van der Waals surface area (Å²) in [6.07, 6.45) is 13.1. The number of ether oxygens (including phenoxy) is 1. The van der Waals surface area contributed by atoms with Gasteiger partial charge in [-0.05, 0) is 88.5 Å². The molecule has 0 N–H and O–H groups in total. The lowest BCUT2D eigenvalue weighted by Gasteiger charge is -2.47.